The number of thiocarbonyl (C=S) groups is 1. The molecule has 0 unspecified atom stereocenters. The average Bonchev–Trinajstić information content (AvgIpc) is 3.06. The molecule has 1 amide bonds. The third-order valence-electron chi connectivity index (χ3n) is 9.87. The maximum absolute atomic E-state index is 12.4. The number of fused-ring (bicyclic) bond motifs is 2. The zero-order chi connectivity index (χ0) is 40.4. The van der Waals surface area contributed by atoms with E-state index in [2.05, 4.69) is 157 Å². The quantitative estimate of drug-likeness (QED) is 0.187. The molecule has 0 fully saturated rings. The second kappa shape index (κ2) is 17.4. The summed E-state index contributed by atoms with van der Waals surface area (Å²) < 4.78 is 2.29. The van der Waals surface area contributed by atoms with Gasteiger partial charge < -0.3 is 20.4 Å². The van der Waals surface area contributed by atoms with Gasteiger partial charge in [-0.2, -0.15) is 0 Å². The molecule has 7 nitrogen and oxygen atoms in total. The zero-order valence-electron chi connectivity index (χ0n) is 34.6. The summed E-state index contributed by atoms with van der Waals surface area (Å²) in [7, 11) is 0. The lowest BCUT2D eigenvalue weighted by Crippen LogP contribution is -2.26. The number of carbonyl (C=O) groups is 1. The molecule has 2 aliphatic heterocycles. The van der Waals surface area contributed by atoms with Crippen LogP contribution in [0.5, 0.6) is 0 Å². The number of benzene rings is 2. The predicted molar refractivity (Wildman–Crippen MR) is 244 cm³/mol. The molecule has 6 rings (SSSR count). The molecule has 0 aliphatic carbocycles. The Morgan fingerprint density at radius 1 is 0.691 bits per heavy atom. The molecule has 0 saturated heterocycles. The maximum atomic E-state index is 12.4. The van der Waals surface area contributed by atoms with E-state index >= 15 is 0 Å². The van der Waals surface area contributed by atoms with Crippen LogP contribution in [-0.4, -0.2) is 34.0 Å². The minimum Gasteiger partial charge on any atom is -0.348 e. The highest BCUT2D eigenvalue weighted by Crippen LogP contribution is 2.39. The van der Waals surface area contributed by atoms with Crippen LogP contribution in [0.25, 0.3) is 0 Å². The van der Waals surface area contributed by atoms with Crippen LogP contribution >= 0.6 is 44.1 Å². The molecule has 294 valence electrons. The number of halogens is 2. The highest BCUT2D eigenvalue weighted by molar-refractivity contribution is 9.10. The Morgan fingerprint density at radius 2 is 1.20 bits per heavy atom. The van der Waals surface area contributed by atoms with Gasteiger partial charge in [-0.15, -0.1) is 0 Å². The van der Waals surface area contributed by atoms with Crippen molar-refractivity contribution in [3.8, 4) is 0 Å². The minimum atomic E-state index is -0.0388. The first-order chi connectivity index (χ1) is 25.7. The van der Waals surface area contributed by atoms with Gasteiger partial charge >= 0.3 is 0 Å². The van der Waals surface area contributed by atoms with Gasteiger partial charge in [0.1, 0.15) is 11.6 Å². The molecule has 0 spiro atoms. The Kier molecular flexibility index (Phi) is 13.6. The summed E-state index contributed by atoms with van der Waals surface area (Å²) >= 11 is 12.8. The fourth-order valence-electron chi connectivity index (χ4n) is 7.36. The normalized spacial score (nSPS) is 14.1. The average molecular weight is 891 g/mol. The van der Waals surface area contributed by atoms with E-state index in [9.17, 15) is 4.79 Å². The topological polar surface area (TPSA) is 73.4 Å². The fourth-order valence-corrected chi connectivity index (χ4v) is 8.69. The van der Waals surface area contributed by atoms with E-state index in [0.29, 0.717) is 6.42 Å². The summed E-state index contributed by atoms with van der Waals surface area (Å²) in [6, 6.07) is 15.3. The van der Waals surface area contributed by atoms with Gasteiger partial charge in [-0.05, 0) is 141 Å². The molecule has 2 aromatic heterocycles. The summed E-state index contributed by atoms with van der Waals surface area (Å²) in [5.74, 6) is 2.00. The summed E-state index contributed by atoms with van der Waals surface area (Å²) in [6.45, 7) is 25.1. The molecule has 4 heterocycles. The fraction of sp³-hybridized carbons (Fsp3) is 0.467. The van der Waals surface area contributed by atoms with Crippen LogP contribution < -0.4 is 20.4 Å². The van der Waals surface area contributed by atoms with Crippen molar-refractivity contribution in [2.24, 2.45) is 10.8 Å². The van der Waals surface area contributed by atoms with Crippen LogP contribution in [0.4, 0.5) is 34.4 Å². The number of aromatic nitrogens is 2. The van der Waals surface area contributed by atoms with E-state index < -0.39 is 0 Å². The first kappa shape index (κ1) is 42.8. The van der Waals surface area contributed by atoms with Crippen LogP contribution in [0, 0.1) is 45.4 Å². The van der Waals surface area contributed by atoms with Crippen molar-refractivity contribution < 1.29 is 4.79 Å². The summed E-state index contributed by atoms with van der Waals surface area (Å²) in [5.41, 5.74) is 12.5. The SMILES string of the molecule is Cc1cc(N2CCCc3cc(Br)ccc32)nc(C)c1NC(=S)CC(C)(C)C.Cc1cc2c(cc1Br)CCCN2c1cc(C)c(NC(=O)CC(C)(C)C)c(C)n1. The summed E-state index contributed by atoms with van der Waals surface area (Å²) in [5, 5.41) is 6.51. The van der Waals surface area contributed by atoms with Gasteiger partial charge in [0.2, 0.25) is 5.91 Å². The Hall–Kier alpha value is -3.34. The van der Waals surface area contributed by atoms with Crippen LogP contribution in [-0.2, 0) is 17.6 Å². The van der Waals surface area contributed by atoms with E-state index in [1.165, 1.54) is 33.6 Å². The van der Waals surface area contributed by atoms with E-state index in [0.717, 1.165) is 99.1 Å². The molecule has 10 heteroatoms. The van der Waals surface area contributed by atoms with E-state index in [-0.39, 0.29) is 16.7 Å². The van der Waals surface area contributed by atoms with Gasteiger partial charge in [0.05, 0.1) is 27.8 Å². The molecule has 2 aliphatic rings. The van der Waals surface area contributed by atoms with E-state index in [4.69, 9.17) is 22.2 Å². The highest BCUT2D eigenvalue weighted by Gasteiger charge is 2.24. The third-order valence-corrected chi connectivity index (χ3v) is 11.5. The number of amides is 1. The van der Waals surface area contributed by atoms with Gasteiger partial charge in [0, 0.05) is 46.3 Å². The predicted octanol–water partition coefficient (Wildman–Crippen LogP) is 12.9. The Morgan fingerprint density at radius 3 is 1.73 bits per heavy atom. The number of hydrogen-bond donors (Lipinski definition) is 2. The maximum Gasteiger partial charge on any atom is 0.224 e. The van der Waals surface area contributed by atoms with Gasteiger partial charge in [-0.25, -0.2) is 9.97 Å². The van der Waals surface area contributed by atoms with Crippen molar-refractivity contribution in [3.05, 3.63) is 90.6 Å². The number of nitrogens with zero attached hydrogens (tertiary/aromatic N) is 4. The van der Waals surface area contributed by atoms with Gasteiger partial charge in [0.25, 0.3) is 0 Å². The second-order valence-electron chi connectivity index (χ2n) is 17.6. The van der Waals surface area contributed by atoms with Crippen LogP contribution in [0.2, 0.25) is 0 Å². The molecule has 4 aromatic rings. The number of anilines is 6. The van der Waals surface area contributed by atoms with E-state index in [1.54, 1.807) is 0 Å². The Bertz CT molecular complexity index is 2040. The third kappa shape index (κ3) is 11.2. The molecule has 0 atom stereocenters. The number of aryl methyl sites for hydroxylation is 7. The molecule has 0 radical (unpaired) electrons. The standard InChI is InChI=1S/C23H30BrN3O.C22H28BrN3S/c1-14-10-19-17(12-18(14)24)8-7-9-27(19)20-11-15(2)22(16(3)25-20)26-21(28)13-23(4,5)6;1-14-11-19(24-15(2)21(14)25-20(27)13-22(3,4)5)26-10-6-7-16-12-17(23)8-9-18(16)26/h10-12H,7-9,13H2,1-6H3,(H,26,28);8-9,11-12H,6-7,10,13H2,1-5H3,(H,25,27). The monoisotopic (exact) mass is 888 g/mol. The number of carbonyl (C=O) groups excluding carboxylic acids is 1. The number of pyridine rings is 2. The van der Waals surface area contributed by atoms with Gasteiger partial charge in [-0.1, -0.05) is 85.6 Å². The first-order valence-corrected chi connectivity index (χ1v) is 21.4. The Balaban J connectivity index is 0.000000211. The van der Waals surface area contributed by atoms with Gasteiger partial charge in [0.15, 0.2) is 0 Å². The van der Waals surface area contributed by atoms with Crippen molar-refractivity contribution in [2.45, 2.75) is 115 Å². The van der Waals surface area contributed by atoms with E-state index in [1.807, 2.05) is 13.8 Å². The molecule has 55 heavy (non-hydrogen) atoms. The van der Waals surface area contributed by atoms with Crippen molar-refractivity contribution in [1.82, 2.24) is 9.97 Å². The second-order valence-corrected chi connectivity index (χ2v) is 19.9. The van der Waals surface area contributed by atoms with Crippen LogP contribution in [0.3, 0.4) is 0 Å². The highest BCUT2D eigenvalue weighted by atomic mass is 79.9. The molecule has 2 aromatic carbocycles. The smallest absolute Gasteiger partial charge is 0.224 e. The zero-order valence-corrected chi connectivity index (χ0v) is 38.5. The first-order valence-electron chi connectivity index (χ1n) is 19.4. The van der Waals surface area contributed by atoms with Crippen molar-refractivity contribution in [1.29, 1.82) is 0 Å². The molecule has 0 bridgehead atoms. The lowest BCUT2D eigenvalue weighted by Gasteiger charge is -2.32. The number of hydrogen-bond acceptors (Lipinski definition) is 6. The van der Waals surface area contributed by atoms with Crippen LogP contribution in [0.1, 0.15) is 106 Å². The Labute approximate surface area is 351 Å². The number of nitrogens with one attached hydrogen (secondary N) is 2. The lowest BCUT2D eigenvalue weighted by molar-refractivity contribution is -0.117. The summed E-state index contributed by atoms with van der Waals surface area (Å²) in [6.07, 6.45) is 5.79. The lowest BCUT2D eigenvalue weighted by atomic mass is 9.92. The molecular weight excluding hydrogens is 832 g/mol. The molecule has 0 saturated carbocycles. The molecular formula is C45H58Br2N6OS. The summed E-state index contributed by atoms with van der Waals surface area (Å²) in [4.78, 5) is 27.7. The molecule has 2 N–H and O–H groups in total. The minimum absolute atomic E-state index is 0.0388. The van der Waals surface area contributed by atoms with Crippen molar-refractivity contribution >= 4 is 89.4 Å². The van der Waals surface area contributed by atoms with Gasteiger partial charge in [-0.3, -0.25) is 4.79 Å². The van der Waals surface area contributed by atoms with Crippen molar-refractivity contribution in [2.75, 3.05) is 33.5 Å². The van der Waals surface area contributed by atoms with Crippen LogP contribution in [0.15, 0.2) is 51.4 Å². The number of rotatable bonds is 6. The van der Waals surface area contributed by atoms with Crippen molar-refractivity contribution in [3.63, 3.8) is 0 Å². The largest absolute Gasteiger partial charge is 0.348 e.